The topological polar surface area (TPSA) is 54.2 Å². The van der Waals surface area contributed by atoms with Gasteiger partial charge in [-0.25, -0.2) is 4.68 Å². The molecule has 0 bridgehead atoms. The monoisotopic (exact) mass is 428 g/mol. The van der Waals surface area contributed by atoms with Gasteiger partial charge in [0.05, 0.1) is 6.20 Å². The van der Waals surface area contributed by atoms with E-state index in [2.05, 4.69) is 53.3 Å². The van der Waals surface area contributed by atoms with Gasteiger partial charge in [-0.3, -0.25) is 4.90 Å². The van der Waals surface area contributed by atoms with Gasteiger partial charge in [-0.05, 0) is 32.3 Å². The summed E-state index contributed by atoms with van der Waals surface area (Å²) in [5.74, 6) is 0. The van der Waals surface area contributed by atoms with Crippen LogP contribution in [0.4, 0.5) is 0 Å². The fourth-order valence-corrected chi connectivity index (χ4v) is 2.95. The molecule has 23 heavy (non-hydrogen) atoms. The van der Waals surface area contributed by atoms with Crippen LogP contribution in [0.2, 0.25) is 0 Å². The van der Waals surface area contributed by atoms with Crippen molar-refractivity contribution in [2.45, 2.75) is 38.3 Å². The maximum Gasteiger partial charge on any atom is 0.124 e. The quantitative estimate of drug-likeness (QED) is 0.745. The normalized spacial score (nSPS) is 21.6. The largest absolute Gasteiger partial charge is 0.382 e. The van der Waals surface area contributed by atoms with Crippen LogP contribution < -0.4 is 0 Å². The molecule has 3 rings (SSSR count). The second-order valence-corrected chi connectivity index (χ2v) is 6.47. The van der Waals surface area contributed by atoms with Crippen molar-refractivity contribution in [1.82, 2.24) is 19.9 Å². The molecule has 1 aliphatic rings. The zero-order valence-corrected chi connectivity index (χ0v) is 16.1. The van der Waals surface area contributed by atoms with E-state index in [-0.39, 0.29) is 30.0 Å². The zero-order chi connectivity index (χ0) is 15.6. The van der Waals surface area contributed by atoms with E-state index in [1.54, 1.807) is 4.68 Å². The summed E-state index contributed by atoms with van der Waals surface area (Å²) in [5, 5.41) is 19.2. The third kappa shape index (κ3) is 4.30. The van der Waals surface area contributed by atoms with Crippen LogP contribution in [0.25, 0.3) is 0 Å². The van der Waals surface area contributed by atoms with E-state index >= 15 is 0 Å². The number of aromatic nitrogens is 3. The second kappa shape index (κ2) is 7.72. The zero-order valence-electron chi connectivity index (χ0n) is 13.7. The van der Waals surface area contributed by atoms with Gasteiger partial charge in [0.25, 0.3) is 0 Å². The highest BCUT2D eigenvalue weighted by molar-refractivity contribution is 14.0. The van der Waals surface area contributed by atoms with Crippen LogP contribution in [0.1, 0.15) is 37.6 Å². The Bertz CT molecular complexity index is 616. The molecule has 1 N–H and O–H groups in total. The van der Waals surface area contributed by atoms with E-state index in [9.17, 15) is 5.11 Å². The molecule has 0 radical (unpaired) electrons. The van der Waals surface area contributed by atoms with Gasteiger partial charge >= 0.3 is 0 Å². The minimum atomic E-state index is -0.857. The number of aliphatic hydroxyl groups is 1. The third-order valence-corrected chi connectivity index (χ3v) is 4.40. The highest BCUT2D eigenvalue weighted by Crippen LogP contribution is 2.30. The van der Waals surface area contributed by atoms with E-state index < -0.39 is 5.60 Å². The van der Waals surface area contributed by atoms with Crippen molar-refractivity contribution in [2.75, 3.05) is 19.6 Å². The molecule has 1 unspecified atom stereocenters. The molecule has 0 spiro atoms. The number of nitrogens with zero attached hydrogens (tertiary/aromatic N) is 4. The summed E-state index contributed by atoms with van der Waals surface area (Å²) >= 11 is 0. The van der Waals surface area contributed by atoms with Crippen molar-refractivity contribution < 1.29 is 5.11 Å². The third-order valence-electron chi connectivity index (χ3n) is 4.40. The van der Waals surface area contributed by atoms with Gasteiger partial charge in [0.15, 0.2) is 0 Å². The van der Waals surface area contributed by atoms with E-state index in [1.807, 2.05) is 12.3 Å². The molecule has 1 atom stereocenters. The molecule has 6 heteroatoms. The summed E-state index contributed by atoms with van der Waals surface area (Å²) in [6.45, 7) is 6.62. The first-order valence-corrected chi connectivity index (χ1v) is 7.98. The molecule has 1 aliphatic heterocycles. The lowest BCUT2D eigenvalue weighted by atomic mass is 10.00. The highest BCUT2D eigenvalue weighted by Gasteiger charge is 2.39. The lowest BCUT2D eigenvalue weighted by Gasteiger charge is -2.21. The predicted octanol–water partition coefficient (Wildman–Crippen LogP) is 2.61. The predicted molar refractivity (Wildman–Crippen MR) is 101 cm³/mol. The van der Waals surface area contributed by atoms with Gasteiger partial charge in [0, 0.05) is 25.7 Å². The molecule has 1 fully saturated rings. The molecule has 1 aromatic carbocycles. The number of hydrogen-bond donors (Lipinski definition) is 1. The molecule has 5 nitrogen and oxygen atoms in total. The van der Waals surface area contributed by atoms with Crippen molar-refractivity contribution in [3.63, 3.8) is 0 Å². The van der Waals surface area contributed by atoms with Crippen LogP contribution in [0.3, 0.4) is 0 Å². The Morgan fingerprint density at radius 3 is 2.65 bits per heavy atom. The van der Waals surface area contributed by atoms with Crippen molar-refractivity contribution in [3.05, 3.63) is 47.8 Å². The van der Waals surface area contributed by atoms with E-state index in [0.29, 0.717) is 12.2 Å². The molecular formula is C17H25IN4O. The summed E-state index contributed by atoms with van der Waals surface area (Å²) in [6, 6.07) is 10.7. The first-order chi connectivity index (χ1) is 10.6. The number of rotatable bonds is 5. The van der Waals surface area contributed by atoms with Gasteiger partial charge in [-0.1, -0.05) is 35.5 Å². The SMILES string of the molecule is CC(C)n1cc(C2(O)CCN(CCc3ccccc3)C2)nn1.I. The number of hydrogen-bond acceptors (Lipinski definition) is 4. The maximum atomic E-state index is 10.9. The van der Waals surface area contributed by atoms with Crippen molar-refractivity contribution in [2.24, 2.45) is 0 Å². The Hall–Kier alpha value is -0.990. The Kier molecular flexibility index (Phi) is 6.16. The van der Waals surface area contributed by atoms with Gasteiger partial charge in [0.2, 0.25) is 0 Å². The molecule has 0 aliphatic carbocycles. The fourth-order valence-electron chi connectivity index (χ4n) is 2.95. The standard InChI is InChI=1S/C17H24N4O.HI/c1-14(2)21-12-16(18-19-21)17(22)9-11-20(13-17)10-8-15-6-4-3-5-7-15;/h3-7,12,14,22H,8-11,13H2,1-2H3;1H. The molecule has 2 aromatic rings. The van der Waals surface area contributed by atoms with Crippen LogP contribution in [0.15, 0.2) is 36.5 Å². The van der Waals surface area contributed by atoms with Crippen molar-refractivity contribution >= 4 is 24.0 Å². The minimum Gasteiger partial charge on any atom is -0.382 e. The van der Waals surface area contributed by atoms with E-state index in [4.69, 9.17) is 0 Å². The molecule has 1 aromatic heterocycles. The van der Waals surface area contributed by atoms with Crippen LogP contribution >= 0.6 is 24.0 Å². The Balaban J connectivity index is 0.00000192. The molecule has 2 heterocycles. The molecular weight excluding hydrogens is 403 g/mol. The summed E-state index contributed by atoms with van der Waals surface area (Å²) in [5.41, 5.74) is 1.18. The number of β-amino-alcohol motifs (C(OH)–C–C–N with tert-alkyl or cyclic N) is 1. The summed E-state index contributed by atoms with van der Waals surface area (Å²) in [6.07, 6.45) is 3.61. The first kappa shape index (κ1) is 18.4. The summed E-state index contributed by atoms with van der Waals surface area (Å²) in [4.78, 5) is 2.31. The molecule has 0 amide bonds. The first-order valence-electron chi connectivity index (χ1n) is 7.98. The highest BCUT2D eigenvalue weighted by atomic mass is 127. The smallest absolute Gasteiger partial charge is 0.124 e. The number of benzene rings is 1. The van der Waals surface area contributed by atoms with Crippen LogP contribution in [0, 0.1) is 0 Å². The fraction of sp³-hybridized carbons (Fsp3) is 0.529. The van der Waals surface area contributed by atoms with Crippen LogP contribution in [0.5, 0.6) is 0 Å². The van der Waals surface area contributed by atoms with Gasteiger partial charge in [-0.2, -0.15) is 0 Å². The average Bonchev–Trinajstić information content (AvgIpc) is 3.14. The van der Waals surface area contributed by atoms with Crippen molar-refractivity contribution in [3.8, 4) is 0 Å². The van der Waals surface area contributed by atoms with Gasteiger partial charge < -0.3 is 5.11 Å². The number of halogens is 1. The summed E-state index contributed by atoms with van der Waals surface area (Å²) in [7, 11) is 0. The minimum absolute atomic E-state index is 0. The molecule has 1 saturated heterocycles. The van der Waals surface area contributed by atoms with Crippen molar-refractivity contribution in [1.29, 1.82) is 0 Å². The van der Waals surface area contributed by atoms with E-state index in [0.717, 1.165) is 25.9 Å². The average molecular weight is 428 g/mol. The molecule has 126 valence electrons. The Morgan fingerprint density at radius 2 is 2.00 bits per heavy atom. The summed E-state index contributed by atoms with van der Waals surface area (Å²) < 4.78 is 1.81. The van der Waals surface area contributed by atoms with Crippen LogP contribution in [-0.4, -0.2) is 44.6 Å². The maximum absolute atomic E-state index is 10.9. The lowest BCUT2D eigenvalue weighted by molar-refractivity contribution is 0.0418. The number of likely N-dealkylation sites (tertiary alicyclic amines) is 1. The Morgan fingerprint density at radius 1 is 1.26 bits per heavy atom. The van der Waals surface area contributed by atoms with E-state index in [1.165, 1.54) is 5.56 Å². The Labute approximate surface area is 154 Å². The molecule has 0 saturated carbocycles. The second-order valence-electron chi connectivity index (χ2n) is 6.47. The van der Waals surface area contributed by atoms with Gasteiger partial charge in [-0.15, -0.1) is 29.1 Å². The van der Waals surface area contributed by atoms with Crippen LogP contribution in [-0.2, 0) is 12.0 Å². The lowest BCUT2D eigenvalue weighted by Crippen LogP contribution is -2.32. The van der Waals surface area contributed by atoms with Gasteiger partial charge in [0.1, 0.15) is 11.3 Å².